The number of nitrogens with one attached hydrogen (secondary N) is 2. The van der Waals surface area contributed by atoms with Crippen molar-refractivity contribution >= 4 is 23.2 Å². The van der Waals surface area contributed by atoms with Gasteiger partial charge in [0, 0.05) is 30.0 Å². The largest absolute Gasteiger partial charge is 0.378 e. The molecule has 2 aromatic carbocycles. The second kappa shape index (κ2) is 8.68. The number of rotatable bonds is 5. The Morgan fingerprint density at radius 3 is 2.30 bits per heavy atom. The molecule has 1 aliphatic heterocycles. The van der Waals surface area contributed by atoms with E-state index >= 15 is 0 Å². The van der Waals surface area contributed by atoms with Gasteiger partial charge in [-0.3, -0.25) is 9.59 Å². The lowest BCUT2D eigenvalue weighted by molar-refractivity contribution is -0.114. The van der Waals surface area contributed by atoms with Crippen molar-refractivity contribution in [3.05, 3.63) is 59.2 Å². The fraction of sp³-hybridized carbons (Fsp3) is 0.333. The van der Waals surface area contributed by atoms with E-state index in [9.17, 15) is 9.59 Å². The van der Waals surface area contributed by atoms with Crippen molar-refractivity contribution in [2.75, 3.05) is 43.5 Å². The van der Waals surface area contributed by atoms with Crippen molar-refractivity contribution in [1.82, 2.24) is 4.90 Å². The first-order chi connectivity index (χ1) is 13.0. The summed E-state index contributed by atoms with van der Waals surface area (Å²) in [6, 6.07) is 13.0. The van der Waals surface area contributed by atoms with E-state index in [4.69, 9.17) is 4.74 Å². The number of amides is 2. The van der Waals surface area contributed by atoms with Crippen LogP contribution in [0.25, 0.3) is 0 Å². The summed E-state index contributed by atoms with van der Waals surface area (Å²) >= 11 is 0. The topological polar surface area (TPSA) is 70.7 Å². The molecular formula is C21H25N3O3. The predicted molar refractivity (Wildman–Crippen MR) is 106 cm³/mol. The van der Waals surface area contributed by atoms with Gasteiger partial charge in [0.05, 0.1) is 19.8 Å². The van der Waals surface area contributed by atoms with Crippen LogP contribution in [-0.4, -0.2) is 49.6 Å². The Kier molecular flexibility index (Phi) is 6.08. The minimum absolute atomic E-state index is 0.00687. The highest BCUT2D eigenvalue weighted by molar-refractivity contribution is 5.96. The number of nitrogens with zero attached hydrogens (tertiary/aromatic N) is 1. The van der Waals surface area contributed by atoms with Gasteiger partial charge in [0.25, 0.3) is 5.91 Å². The van der Waals surface area contributed by atoms with Gasteiger partial charge in [-0.2, -0.15) is 0 Å². The van der Waals surface area contributed by atoms with Crippen molar-refractivity contribution in [3.63, 3.8) is 0 Å². The number of carbonyl (C=O) groups is 2. The van der Waals surface area contributed by atoms with E-state index in [0.29, 0.717) is 37.6 Å². The van der Waals surface area contributed by atoms with Gasteiger partial charge in [-0.1, -0.05) is 6.07 Å². The molecule has 1 fully saturated rings. The first-order valence-corrected chi connectivity index (χ1v) is 9.11. The number of hydrogen-bond acceptors (Lipinski definition) is 4. The molecule has 27 heavy (non-hydrogen) atoms. The summed E-state index contributed by atoms with van der Waals surface area (Å²) < 4.78 is 5.27. The molecule has 0 atom stereocenters. The zero-order chi connectivity index (χ0) is 19.2. The monoisotopic (exact) mass is 367 g/mol. The third kappa shape index (κ3) is 5.08. The van der Waals surface area contributed by atoms with Gasteiger partial charge in [0.15, 0.2) is 0 Å². The molecular weight excluding hydrogens is 342 g/mol. The molecule has 1 heterocycles. The second-order valence-corrected chi connectivity index (χ2v) is 6.68. The normalized spacial score (nSPS) is 13.9. The van der Waals surface area contributed by atoms with E-state index in [1.54, 1.807) is 29.2 Å². The number of ether oxygens (including phenoxy) is 1. The van der Waals surface area contributed by atoms with Crippen molar-refractivity contribution in [3.8, 4) is 0 Å². The number of hydrogen-bond donors (Lipinski definition) is 2. The van der Waals surface area contributed by atoms with Crippen LogP contribution in [0.5, 0.6) is 0 Å². The van der Waals surface area contributed by atoms with Crippen LogP contribution in [0.15, 0.2) is 42.5 Å². The van der Waals surface area contributed by atoms with Crippen LogP contribution in [0.4, 0.5) is 11.4 Å². The van der Waals surface area contributed by atoms with E-state index in [-0.39, 0.29) is 18.4 Å². The molecule has 0 bridgehead atoms. The number of morpholine rings is 1. The fourth-order valence-electron chi connectivity index (χ4n) is 2.88. The molecule has 2 amide bonds. The molecule has 6 heteroatoms. The molecule has 0 spiro atoms. The molecule has 3 rings (SSSR count). The van der Waals surface area contributed by atoms with E-state index in [1.807, 2.05) is 25.1 Å². The van der Waals surface area contributed by atoms with Gasteiger partial charge in [-0.25, -0.2) is 0 Å². The lowest BCUT2D eigenvalue weighted by Gasteiger charge is -2.26. The van der Waals surface area contributed by atoms with E-state index in [1.165, 1.54) is 11.1 Å². The lowest BCUT2D eigenvalue weighted by atomic mass is 10.1. The highest BCUT2D eigenvalue weighted by Gasteiger charge is 2.18. The zero-order valence-corrected chi connectivity index (χ0v) is 15.7. The summed E-state index contributed by atoms with van der Waals surface area (Å²) in [6.45, 7) is 6.65. The average Bonchev–Trinajstić information content (AvgIpc) is 2.69. The molecule has 2 aromatic rings. The molecule has 1 saturated heterocycles. The lowest BCUT2D eigenvalue weighted by Crippen LogP contribution is -2.40. The standard InChI is InChI=1S/C21H25N3O3/c1-15-3-6-19(13-16(15)2)22-14-20(25)23-18-7-4-17(5-8-18)21(26)24-9-11-27-12-10-24/h3-8,13,22H,9-12,14H2,1-2H3,(H,23,25). The summed E-state index contributed by atoms with van der Waals surface area (Å²) in [7, 11) is 0. The molecule has 6 nitrogen and oxygen atoms in total. The Balaban J connectivity index is 1.52. The highest BCUT2D eigenvalue weighted by atomic mass is 16.5. The molecule has 0 aromatic heterocycles. The first-order valence-electron chi connectivity index (χ1n) is 9.11. The fourth-order valence-corrected chi connectivity index (χ4v) is 2.88. The zero-order valence-electron chi connectivity index (χ0n) is 15.7. The van der Waals surface area contributed by atoms with Crippen LogP contribution >= 0.6 is 0 Å². The van der Waals surface area contributed by atoms with E-state index in [2.05, 4.69) is 17.6 Å². The molecule has 0 aliphatic carbocycles. The van der Waals surface area contributed by atoms with Crippen molar-refractivity contribution in [2.24, 2.45) is 0 Å². The smallest absolute Gasteiger partial charge is 0.254 e. The summed E-state index contributed by atoms with van der Waals surface area (Å²) in [5, 5.41) is 5.96. The molecule has 0 radical (unpaired) electrons. The van der Waals surface area contributed by atoms with Gasteiger partial charge >= 0.3 is 0 Å². The maximum absolute atomic E-state index is 12.4. The van der Waals surface area contributed by atoms with Gasteiger partial charge in [-0.15, -0.1) is 0 Å². The van der Waals surface area contributed by atoms with Crippen LogP contribution in [0, 0.1) is 13.8 Å². The molecule has 0 unspecified atom stereocenters. The second-order valence-electron chi connectivity index (χ2n) is 6.68. The Morgan fingerprint density at radius 2 is 1.63 bits per heavy atom. The first kappa shape index (κ1) is 18.9. The number of anilines is 2. The van der Waals surface area contributed by atoms with Crippen LogP contribution in [0.1, 0.15) is 21.5 Å². The van der Waals surface area contributed by atoms with Gasteiger partial charge in [0.2, 0.25) is 5.91 Å². The van der Waals surface area contributed by atoms with Gasteiger partial charge in [0.1, 0.15) is 0 Å². The molecule has 0 saturated carbocycles. The van der Waals surface area contributed by atoms with Crippen LogP contribution < -0.4 is 10.6 Å². The van der Waals surface area contributed by atoms with Crippen LogP contribution in [0.3, 0.4) is 0 Å². The maximum atomic E-state index is 12.4. The average molecular weight is 367 g/mol. The number of carbonyl (C=O) groups excluding carboxylic acids is 2. The number of aryl methyl sites for hydroxylation is 2. The van der Waals surface area contributed by atoms with Crippen LogP contribution in [-0.2, 0) is 9.53 Å². The quantitative estimate of drug-likeness (QED) is 0.853. The Hall–Kier alpha value is -2.86. The highest BCUT2D eigenvalue weighted by Crippen LogP contribution is 2.15. The van der Waals surface area contributed by atoms with Crippen molar-refractivity contribution < 1.29 is 14.3 Å². The Morgan fingerprint density at radius 1 is 0.963 bits per heavy atom. The SMILES string of the molecule is Cc1ccc(NCC(=O)Nc2ccc(C(=O)N3CCOCC3)cc2)cc1C. The third-order valence-corrected chi connectivity index (χ3v) is 4.67. The maximum Gasteiger partial charge on any atom is 0.254 e. The molecule has 2 N–H and O–H groups in total. The molecule has 142 valence electrons. The Labute approximate surface area is 159 Å². The van der Waals surface area contributed by atoms with Crippen molar-refractivity contribution in [2.45, 2.75) is 13.8 Å². The number of benzene rings is 2. The van der Waals surface area contributed by atoms with E-state index in [0.717, 1.165) is 5.69 Å². The summed E-state index contributed by atoms with van der Waals surface area (Å²) in [4.78, 5) is 26.3. The van der Waals surface area contributed by atoms with Crippen LogP contribution in [0.2, 0.25) is 0 Å². The molecule has 1 aliphatic rings. The van der Waals surface area contributed by atoms with Gasteiger partial charge < -0.3 is 20.3 Å². The third-order valence-electron chi connectivity index (χ3n) is 4.67. The van der Waals surface area contributed by atoms with Gasteiger partial charge in [-0.05, 0) is 61.4 Å². The summed E-state index contributed by atoms with van der Waals surface area (Å²) in [5.74, 6) is -0.145. The Bertz CT molecular complexity index is 812. The minimum Gasteiger partial charge on any atom is -0.378 e. The summed E-state index contributed by atoms with van der Waals surface area (Å²) in [5.41, 5.74) is 4.60. The van der Waals surface area contributed by atoms with Crippen molar-refractivity contribution in [1.29, 1.82) is 0 Å². The van der Waals surface area contributed by atoms with E-state index < -0.39 is 0 Å². The minimum atomic E-state index is -0.138. The summed E-state index contributed by atoms with van der Waals surface area (Å²) in [6.07, 6.45) is 0. The predicted octanol–water partition coefficient (Wildman–Crippen LogP) is 2.83.